The third-order valence-electron chi connectivity index (χ3n) is 3.81. The Kier molecular flexibility index (Phi) is 7.55. The molecule has 28 heavy (non-hydrogen) atoms. The van der Waals surface area contributed by atoms with Crippen LogP contribution in [0.2, 0.25) is 0 Å². The predicted octanol–water partition coefficient (Wildman–Crippen LogP) is 0.0939. The van der Waals surface area contributed by atoms with Gasteiger partial charge in [0.15, 0.2) is 0 Å². The lowest BCUT2D eigenvalue weighted by molar-refractivity contribution is -0.197. The van der Waals surface area contributed by atoms with E-state index in [1.807, 2.05) is 4.72 Å². The van der Waals surface area contributed by atoms with Crippen LogP contribution >= 0.6 is 0 Å². The van der Waals surface area contributed by atoms with Crippen molar-refractivity contribution >= 4 is 33.7 Å². The highest BCUT2D eigenvalue weighted by Crippen LogP contribution is 2.13. The monoisotopic (exact) mass is 412 g/mol. The number of hydrogen-bond acceptors (Lipinski definition) is 9. The number of carbonyl (C=O) groups is 4. The molecule has 3 amide bonds. The van der Waals surface area contributed by atoms with Gasteiger partial charge in [-0.05, 0) is 12.8 Å². The molecule has 0 aromatic carbocycles. The van der Waals surface area contributed by atoms with Crippen LogP contribution in [0.1, 0.15) is 55.3 Å². The fourth-order valence-corrected chi connectivity index (χ4v) is 3.47. The van der Waals surface area contributed by atoms with Crippen LogP contribution in [0.25, 0.3) is 0 Å². The zero-order valence-corrected chi connectivity index (χ0v) is 15.8. The minimum Gasteiger partial charge on any atom is -0.330 e. The maximum atomic E-state index is 11.9. The topological polar surface area (TPSA) is 153 Å². The molecule has 0 bridgehead atoms. The molecule has 1 aromatic heterocycles. The van der Waals surface area contributed by atoms with Crippen LogP contribution in [0.3, 0.4) is 0 Å². The van der Waals surface area contributed by atoms with Crippen LogP contribution in [0, 0.1) is 0 Å². The van der Waals surface area contributed by atoms with Gasteiger partial charge < -0.3 is 4.84 Å². The fourth-order valence-electron chi connectivity index (χ4n) is 2.39. The molecule has 1 saturated heterocycles. The Balaban J connectivity index is 1.60. The van der Waals surface area contributed by atoms with Crippen LogP contribution in [0.4, 0.5) is 0 Å². The summed E-state index contributed by atoms with van der Waals surface area (Å²) >= 11 is 0. The van der Waals surface area contributed by atoms with Crippen molar-refractivity contribution in [3.8, 4) is 0 Å². The van der Waals surface area contributed by atoms with Crippen LogP contribution in [0.5, 0.6) is 0 Å². The Hall–Kier alpha value is -2.89. The average Bonchev–Trinajstić information content (AvgIpc) is 2.97. The van der Waals surface area contributed by atoms with Gasteiger partial charge in [0, 0.05) is 31.7 Å². The number of aromatic nitrogens is 2. The van der Waals surface area contributed by atoms with Crippen LogP contribution in [0.15, 0.2) is 18.7 Å². The molecule has 152 valence electrons. The van der Waals surface area contributed by atoms with E-state index >= 15 is 0 Å². The molecule has 2 heterocycles. The number of sulfonamides is 1. The summed E-state index contributed by atoms with van der Waals surface area (Å²) in [5.74, 6) is -2.79. The minimum absolute atomic E-state index is 0.00849. The van der Waals surface area contributed by atoms with E-state index in [0.29, 0.717) is 30.7 Å². The number of hydrogen-bond donors (Lipinski definition) is 1. The van der Waals surface area contributed by atoms with E-state index in [4.69, 9.17) is 4.84 Å². The molecule has 0 aliphatic carbocycles. The molecule has 0 saturated carbocycles. The van der Waals surface area contributed by atoms with Gasteiger partial charge >= 0.3 is 5.97 Å². The van der Waals surface area contributed by atoms with Crippen LogP contribution in [-0.2, 0) is 29.2 Å². The van der Waals surface area contributed by atoms with Crippen molar-refractivity contribution in [3.05, 3.63) is 24.3 Å². The number of rotatable bonds is 10. The summed E-state index contributed by atoms with van der Waals surface area (Å²) in [6, 6.07) is 0. The Morgan fingerprint density at radius 3 is 2.29 bits per heavy atom. The lowest BCUT2D eigenvalue weighted by Crippen LogP contribution is -2.32. The molecule has 1 aliphatic heterocycles. The van der Waals surface area contributed by atoms with Gasteiger partial charge in [0.1, 0.15) is 6.33 Å². The number of nitrogens with zero attached hydrogens (tertiary/aromatic N) is 3. The van der Waals surface area contributed by atoms with Crippen LogP contribution in [-0.4, -0.2) is 52.9 Å². The SMILES string of the molecule is O=C(CCCCCCS(=O)(=O)NC(=O)c1cncnc1)ON1C(=O)CCC1=O. The van der Waals surface area contributed by atoms with E-state index in [-0.39, 0.29) is 30.6 Å². The Morgan fingerprint density at radius 2 is 1.64 bits per heavy atom. The number of imide groups is 1. The van der Waals surface area contributed by atoms with Crippen molar-refractivity contribution in [1.29, 1.82) is 0 Å². The zero-order valence-electron chi connectivity index (χ0n) is 15.0. The lowest BCUT2D eigenvalue weighted by atomic mass is 10.2. The highest BCUT2D eigenvalue weighted by Gasteiger charge is 2.32. The lowest BCUT2D eigenvalue weighted by Gasteiger charge is -2.12. The van der Waals surface area contributed by atoms with Crippen LogP contribution < -0.4 is 4.72 Å². The number of unbranched alkanes of at least 4 members (excludes halogenated alkanes) is 3. The van der Waals surface area contributed by atoms with E-state index in [2.05, 4.69) is 9.97 Å². The number of hydroxylamine groups is 2. The molecule has 2 rings (SSSR count). The number of nitrogens with one attached hydrogen (secondary N) is 1. The smallest absolute Gasteiger partial charge is 0.330 e. The summed E-state index contributed by atoms with van der Waals surface area (Å²) in [6.45, 7) is 0. The quantitative estimate of drug-likeness (QED) is 0.416. The Morgan fingerprint density at radius 1 is 1.04 bits per heavy atom. The van der Waals surface area contributed by atoms with E-state index in [9.17, 15) is 27.6 Å². The molecule has 1 fully saturated rings. The average molecular weight is 412 g/mol. The molecule has 1 aliphatic rings. The van der Waals surface area contributed by atoms with Gasteiger partial charge in [0.25, 0.3) is 17.7 Å². The molecule has 0 spiro atoms. The molecule has 0 atom stereocenters. The number of carbonyl (C=O) groups excluding carboxylic acids is 4. The summed E-state index contributed by atoms with van der Waals surface area (Å²) in [7, 11) is -3.79. The van der Waals surface area contributed by atoms with Gasteiger partial charge in [-0.2, -0.15) is 0 Å². The largest absolute Gasteiger partial charge is 0.333 e. The molecular weight excluding hydrogens is 392 g/mol. The standard InChI is InChI=1S/C16H20N4O7S/c21-13-6-7-14(22)20(13)27-15(23)5-3-1-2-4-8-28(25,26)19-16(24)12-9-17-11-18-10-12/h9-11H,1-8H2,(H,19,24). The first kappa shape index (κ1) is 21.4. The van der Waals surface area contributed by atoms with Gasteiger partial charge in [-0.3, -0.25) is 14.4 Å². The third-order valence-corrected chi connectivity index (χ3v) is 5.14. The third kappa shape index (κ3) is 6.68. The second-order valence-corrected chi connectivity index (χ2v) is 7.93. The van der Waals surface area contributed by atoms with E-state index in [1.165, 1.54) is 18.7 Å². The maximum absolute atomic E-state index is 11.9. The summed E-state index contributed by atoms with van der Waals surface area (Å²) in [5, 5.41) is 0.495. The normalized spacial score (nSPS) is 14.2. The van der Waals surface area contributed by atoms with Crippen molar-refractivity contribution in [2.24, 2.45) is 0 Å². The molecular formula is C16H20N4O7S. The predicted molar refractivity (Wildman–Crippen MR) is 93.5 cm³/mol. The van der Waals surface area contributed by atoms with Gasteiger partial charge in [-0.25, -0.2) is 27.9 Å². The molecule has 0 unspecified atom stereocenters. The Labute approximate surface area is 161 Å². The molecule has 1 N–H and O–H groups in total. The summed E-state index contributed by atoms with van der Waals surface area (Å²) in [5.41, 5.74) is 0.0413. The summed E-state index contributed by atoms with van der Waals surface area (Å²) in [6.07, 6.45) is 5.50. The van der Waals surface area contributed by atoms with Crippen molar-refractivity contribution in [1.82, 2.24) is 19.8 Å². The maximum Gasteiger partial charge on any atom is 0.333 e. The summed E-state index contributed by atoms with van der Waals surface area (Å²) in [4.78, 5) is 58.1. The van der Waals surface area contributed by atoms with Gasteiger partial charge in [0.05, 0.1) is 11.3 Å². The fraction of sp³-hybridized carbons (Fsp3) is 0.500. The van der Waals surface area contributed by atoms with E-state index in [0.717, 1.165) is 0 Å². The van der Waals surface area contributed by atoms with Gasteiger partial charge in [0.2, 0.25) is 10.0 Å². The van der Waals surface area contributed by atoms with E-state index < -0.39 is 33.7 Å². The summed E-state index contributed by atoms with van der Waals surface area (Å²) < 4.78 is 25.7. The molecule has 11 nitrogen and oxygen atoms in total. The van der Waals surface area contributed by atoms with Crippen molar-refractivity contribution in [3.63, 3.8) is 0 Å². The molecule has 0 radical (unpaired) electrons. The minimum atomic E-state index is -3.79. The highest BCUT2D eigenvalue weighted by atomic mass is 32.2. The Bertz CT molecular complexity index is 826. The van der Waals surface area contributed by atoms with Crippen molar-refractivity contribution in [2.45, 2.75) is 44.9 Å². The van der Waals surface area contributed by atoms with Crippen molar-refractivity contribution < 1.29 is 32.4 Å². The first-order valence-corrected chi connectivity index (χ1v) is 10.3. The highest BCUT2D eigenvalue weighted by molar-refractivity contribution is 7.90. The second kappa shape index (κ2) is 9.88. The first-order chi connectivity index (χ1) is 13.3. The van der Waals surface area contributed by atoms with Crippen molar-refractivity contribution in [2.75, 3.05) is 5.75 Å². The van der Waals surface area contributed by atoms with E-state index in [1.54, 1.807) is 0 Å². The molecule has 1 aromatic rings. The zero-order chi connectivity index (χ0) is 20.6. The van der Waals surface area contributed by atoms with Gasteiger partial charge in [-0.15, -0.1) is 5.06 Å². The number of amides is 3. The molecule has 12 heteroatoms. The van der Waals surface area contributed by atoms with Gasteiger partial charge in [-0.1, -0.05) is 12.8 Å². The first-order valence-electron chi connectivity index (χ1n) is 8.65. The second-order valence-electron chi connectivity index (χ2n) is 6.09.